The van der Waals surface area contributed by atoms with Crippen molar-refractivity contribution in [3.63, 3.8) is 0 Å². The van der Waals surface area contributed by atoms with E-state index in [2.05, 4.69) is 9.97 Å². The smallest absolute Gasteiger partial charge is 0.411 e. The Morgan fingerprint density at radius 2 is 2.19 bits per heavy atom. The minimum Gasteiger partial charge on any atom is -0.506 e. The summed E-state index contributed by atoms with van der Waals surface area (Å²) in [5.41, 5.74) is 7.60. The molecule has 1 aliphatic carbocycles. The second kappa shape index (κ2) is 7.23. The number of benzene rings is 1. The average Bonchev–Trinajstić information content (AvgIpc) is 3.30. The zero-order chi connectivity index (χ0) is 22.6. The first-order valence-electron chi connectivity index (χ1n) is 10.5. The molecule has 1 atom stereocenters. The molecule has 0 unspecified atom stereocenters. The molecule has 32 heavy (non-hydrogen) atoms. The molecule has 1 saturated carbocycles. The van der Waals surface area contributed by atoms with Crippen molar-refractivity contribution >= 4 is 23.0 Å². The van der Waals surface area contributed by atoms with Crippen molar-refractivity contribution in [3.8, 4) is 16.9 Å². The van der Waals surface area contributed by atoms with Gasteiger partial charge in [0.2, 0.25) is 0 Å². The van der Waals surface area contributed by atoms with Crippen LogP contribution in [0.3, 0.4) is 0 Å². The molecule has 1 aliphatic heterocycles. The number of hydrogen-bond donors (Lipinski definition) is 4. The number of aromatic carboxylic acids is 1. The molecule has 2 aromatic heterocycles. The minimum absolute atomic E-state index is 0.00250. The highest BCUT2D eigenvalue weighted by Crippen LogP contribution is 2.47. The number of H-pyrrole nitrogens is 1. The van der Waals surface area contributed by atoms with E-state index in [1.807, 2.05) is 25.1 Å². The number of nitrogens with zero attached hydrogens (tertiary/aromatic N) is 2. The van der Waals surface area contributed by atoms with Gasteiger partial charge in [0.1, 0.15) is 17.0 Å². The molecule has 3 aromatic rings. The van der Waals surface area contributed by atoms with E-state index in [0.29, 0.717) is 41.0 Å². The molecule has 1 spiro atoms. The van der Waals surface area contributed by atoms with Crippen molar-refractivity contribution in [2.45, 2.75) is 31.4 Å². The normalized spacial score (nSPS) is 23.4. The fourth-order valence-electron chi connectivity index (χ4n) is 5.10. The minimum atomic E-state index is -1.13. The van der Waals surface area contributed by atoms with E-state index < -0.39 is 11.6 Å². The van der Waals surface area contributed by atoms with Crippen molar-refractivity contribution in [2.75, 3.05) is 13.1 Å². The monoisotopic (exact) mass is 436 g/mol. The number of fused-ring (bicyclic) bond motifs is 1. The van der Waals surface area contributed by atoms with E-state index in [0.717, 1.165) is 18.4 Å². The number of aromatic hydroxyl groups is 1. The predicted octanol–water partition coefficient (Wildman–Crippen LogP) is 3.25. The van der Waals surface area contributed by atoms with Crippen LogP contribution in [-0.2, 0) is 4.74 Å². The lowest BCUT2D eigenvalue weighted by Crippen LogP contribution is -2.49. The standard InChI is InChI=1S/C23H24N4O5/c1-12(27-11-23(32-22(27)31)6-13(7-23)8-24)16-3-2-4-17-18(14-5-15(28)10-25-9-14)20(21(29)30)26-19(16)17/h2-5,9-10,12-13,26,28H,6-8,11,24H2,1H3,(H,29,30)/t12-,13?,23?/m0/s1. The Balaban J connectivity index is 1.56. The van der Waals surface area contributed by atoms with Gasteiger partial charge >= 0.3 is 12.1 Å². The molecule has 2 aliphatic rings. The summed E-state index contributed by atoms with van der Waals surface area (Å²) in [7, 11) is 0. The van der Waals surface area contributed by atoms with Crippen LogP contribution in [0.25, 0.3) is 22.0 Å². The van der Waals surface area contributed by atoms with Gasteiger partial charge in [0.15, 0.2) is 0 Å². The molecule has 5 N–H and O–H groups in total. The summed E-state index contributed by atoms with van der Waals surface area (Å²) in [4.78, 5) is 33.4. The van der Waals surface area contributed by atoms with E-state index >= 15 is 0 Å². The first-order chi connectivity index (χ1) is 15.3. The summed E-state index contributed by atoms with van der Waals surface area (Å²) in [5, 5.41) is 20.4. The summed E-state index contributed by atoms with van der Waals surface area (Å²) < 4.78 is 5.72. The highest BCUT2D eigenvalue weighted by molar-refractivity contribution is 6.08. The van der Waals surface area contributed by atoms with Gasteiger partial charge in [-0.25, -0.2) is 9.59 Å². The van der Waals surface area contributed by atoms with Crippen LogP contribution < -0.4 is 5.73 Å². The zero-order valence-corrected chi connectivity index (χ0v) is 17.5. The summed E-state index contributed by atoms with van der Waals surface area (Å²) in [6.07, 6.45) is 3.96. The maximum Gasteiger partial charge on any atom is 0.411 e. The summed E-state index contributed by atoms with van der Waals surface area (Å²) in [6, 6.07) is 6.66. The first-order valence-corrected chi connectivity index (χ1v) is 10.5. The number of carbonyl (C=O) groups excluding carboxylic acids is 1. The third-order valence-electron chi connectivity index (χ3n) is 6.66. The van der Waals surface area contributed by atoms with Crippen LogP contribution in [0.5, 0.6) is 5.75 Å². The number of para-hydroxylation sites is 1. The number of nitrogens with one attached hydrogen (secondary N) is 1. The second-order valence-electron chi connectivity index (χ2n) is 8.75. The lowest BCUT2D eigenvalue weighted by Gasteiger charge is -2.42. The van der Waals surface area contributed by atoms with E-state index in [4.69, 9.17) is 10.5 Å². The Kier molecular flexibility index (Phi) is 4.59. The van der Waals surface area contributed by atoms with Gasteiger partial charge in [-0.1, -0.05) is 18.2 Å². The zero-order valence-electron chi connectivity index (χ0n) is 17.5. The molecule has 2 fully saturated rings. The maximum absolute atomic E-state index is 12.7. The van der Waals surface area contributed by atoms with E-state index in [1.165, 1.54) is 18.5 Å². The van der Waals surface area contributed by atoms with Gasteiger partial charge in [0.25, 0.3) is 0 Å². The molecule has 0 bridgehead atoms. The molecular weight excluding hydrogens is 412 g/mol. The van der Waals surface area contributed by atoms with Crippen LogP contribution in [0, 0.1) is 5.92 Å². The van der Waals surface area contributed by atoms with E-state index in [9.17, 15) is 19.8 Å². The fraction of sp³-hybridized carbons (Fsp3) is 0.348. The SMILES string of the molecule is C[C@@H](c1cccc2c(-c3cncc(O)c3)c(C(=O)O)[nH]c12)N1CC2(CC(CN)C2)OC1=O. The Bertz CT molecular complexity index is 1230. The fourth-order valence-corrected chi connectivity index (χ4v) is 5.10. The molecule has 1 saturated heterocycles. The molecule has 1 amide bonds. The lowest BCUT2D eigenvalue weighted by atomic mass is 9.71. The summed E-state index contributed by atoms with van der Waals surface area (Å²) in [6.45, 7) is 2.97. The molecule has 0 radical (unpaired) electrons. The third kappa shape index (κ3) is 3.08. The number of carboxylic acid groups (broad SMARTS) is 1. The molecule has 9 nitrogen and oxygen atoms in total. The largest absolute Gasteiger partial charge is 0.506 e. The number of nitrogens with two attached hydrogens (primary N) is 1. The number of carbonyl (C=O) groups is 2. The van der Waals surface area contributed by atoms with Crippen molar-refractivity contribution in [1.29, 1.82) is 0 Å². The predicted molar refractivity (Wildman–Crippen MR) is 116 cm³/mol. The molecule has 166 valence electrons. The number of amides is 1. The van der Waals surface area contributed by atoms with Crippen LogP contribution in [0.15, 0.2) is 36.7 Å². The number of pyridine rings is 1. The molecule has 1 aromatic carbocycles. The number of ether oxygens (including phenoxy) is 1. The highest BCUT2D eigenvalue weighted by Gasteiger charge is 2.54. The van der Waals surface area contributed by atoms with Crippen molar-refractivity contribution in [1.82, 2.24) is 14.9 Å². The van der Waals surface area contributed by atoms with Gasteiger partial charge in [-0.2, -0.15) is 0 Å². The molecule has 3 heterocycles. The second-order valence-corrected chi connectivity index (χ2v) is 8.75. The average molecular weight is 436 g/mol. The molecular formula is C23H24N4O5. The Labute approximate surface area is 183 Å². The first kappa shape index (κ1) is 20.3. The van der Waals surface area contributed by atoms with Gasteiger partial charge < -0.3 is 25.7 Å². The van der Waals surface area contributed by atoms with Crippen LogP contribution >= 0.6 is 0 Å². The maximum atomic E-state index is 12.7. The van der Waals surface area contributed by atoms with Crippen molar-refractivity contribution in [2.24, 2.45) is 11.7 Å². The molecule has 9 heteroatoms. The van der Waals surface area contributed by atoms with Crippen molar-refractivity contribution in [3.05, 3.63) is 47.9 Å². The quantitative estimate of drug-likeness (QED) is 0.481. The van der Waals surface area contributed by atoms with Gasteiger partial charge in [-0.15, -0.1) is 0 Å². The van der Waals surface area contributed by atoms with E-state index in [-0.39, 0.29) is 23.6 Å². The number of rotatable bonds is 5. The van der Waals surface area contributed by atoms with Crippen LogP contribution in [-0.4, -0.2) is 55.8 Å². The highest BCUT2D eigenvalue weighted by atomic mass is 16.6. The topological polar surface area (TPSA) is 142 Å². The third-order valence-corrected chi connectivity index (χ3v) is 6.66. The van der Waals surface area contributed by atoms with Gasteiger partial charge in [-0.3, -0.25) is 9.88 Å². The van der Waals surface area contributed by atoms with Gasteiger partial charge in [0.05, 0.1) is 24.3 Å². The number of aromatic amines is 1. The number of carboxylic acids is 1. The van der Waals surface area contributed by atoms with Crippen molar-refractivity contribution < 1.29 is 24.5 Å². The van der Waals surface area contributed by atoms with Gasteiger partial charge in [-0.05, 0) is 43.9 Å². The molecule has 5 rings (SSSR count). The van der Waals surface area contributed by atoms with Crippen LogP contribution in [0.1, 0.15) is 41.9 Å². The van der Waals surface area contributed by atoms with E-state index in [1.54, 1.807) is 4.90 Å². The Morgan fingerprint density at radius 3 is 2.88 bits per heavy atom. The number of hydrogen-bond acceptors (Lipinski definition) is 6. The Morgan fingerprint density at radius 1 is 1.41 bits per heavy atom. The van der Waals surface area contributed by atoms with Gasteiger partial charge in [0, 0.05) is 22.7 Å². The summed E-state index contributed by atoms with van der Waals surface area (Å²) in [5.74, 6) is -0.805. The van der Waals surface area contributed by atoms with Crippen LogP contribution in [0.4, 0.5) is 4.79 Å². The summed E-state index contributed by atoms with van der Waals surface area (Å²) >= 11 is 0. The lowest BCUT2D eigenvalue weighted by molar-refractivity contribution is -0.0439. The Hall–Kier alpha value is -3.59. The number of aromatic nitrogens is 2. The van der Waals surface area contributed by atoms with Crippen LogP contribution in [0.2, 0.25) is 0 Å².